The van der Waals surface area contributed by atoms with E-state index in [1.807, 2.05) is 18.4 Å². The fourth-order valence-electron chi connectivity index (χ4n) is 3.15. The average Bonchev–Trinajstić information content (AvgIpc) is 2.96. The highest BCUT2D eigenvalue weighted by atomic mass is 35.5. The van der Waals surface area contributed by atoms with Crippen molar-refractivity contribution in [3.8, 4) is 0 Å². The molecule has 8 heteroatoms. The van der Waals surface area contributed by atoms with Gasteiger partial charge in [-0.3, -0.25) is 9.59 Å². The molecule has 1 aliphatic rings. The van der Waals surface area contributed by atoms with Gasteiger partial charge in [-0.05, 0) is 38.0 Å². The average molecular weight is 362 g/mol. The summed E-state index contributed by atoms with van der Waals surface area (Å²) in [6, 6.07) is 3.29. The number of fused-ring (bicyclic) bond motifs is 1. The van der Waals surface area contributed by atoms with Gasteiger partial charge in [-0.15, -0.1) is 10.2 Å². The molecule has 2 aromatic rings. The van der Waals surface area contributed by atoms with Gasteiger partial charge in [0, 0.05) is 31.0 Å². The number of anilines is 1. The van der Waals surface area contributed by atoms with E-state index in [0.29, 0.717) is 35.7 Å². The maximum atomic E-state index is 12.8. The van der Waals surface area contributed by atoms with Crippen LogP contribution in [0.25, 0.3) is 0 Å². The van der Waals surface area contributed by atoms with E-state index in [4.69, 9.17) is 11.6 Å². The number of amides is 2. The van der Waals surface area contributed by atoms with Crippen molar-refractivity contribution in [2.75, 3.05) is 12.4 Å². The highest BCUT2D eigenvalue weighted by molar-refractivity contribution is 6.31. The summed E-state index contributed by atoms with van der Waals surface area (Å²) in [6.45, 7) is 4.44. The predicted molar refractivity (Wildman–Crippen MR) is 94.8 cm³/mol. The Balaban J connectivity index is 1.83. The molecule has 1 unspecified atom stereocenters. The van der Waals surface area contributed by atoms with Crippen LogP contribution < -0.4 is 10.6 Å². The topological polar surface area (TPSA) is 88.9 Å². The molecule has 1 atom stereocenters. The molecule has 0 aliphatic carbocycles. The summed E-state index contributed by atoms with van der Waals surface area (Å²) in [5.41, 5.74) is 1.60. The van der Waals surface area contributed by atoms with Gasteiger partial charge in [0.1, 0.15) is 11.6 Å². The number of carbonyl (C=O) groups is 2. The van der Waals surface area contributed by atoms with Crippen molar-refractivity contribution in [1.29, 1.82) is 0 Å². The summed E-state index contributed by atoms with van der Waals surface area (Å²) in [5.74, 6) is 1.07. The van der Waals surface area contributed by atoms with Crippen molar-refractivity contribution in [1.82, 2.24) is 20.1 Å². The Morgan fingerprint density at radius 2 is 2.04 bits per heavy atom. The molecular formula is C17H20ClN5O2. The van der Waals surface area contributed by atoms with Crippen LogP contribution in [0, 0.1) is 19.8 Å². The predicted octanol–water partition coefficient (Wildman–Crippen LogP) is 2.11. The van der Waals surface area contributed by atoms with E-state index >= 15 is 0 Å². The van der Waals surface area contributed by atoms with Crippen LogP contribution in [0.3, 0.4) is 0 Å². The number of halogens is 1. The zero-order valence-electron chi connectivity index (χ0n) is 14.4. The van der Waals surface area contributed by atoms with Gasteiger partial charge >= 0.3 is 0 Å². The monoisotopic (exact) mass is 361 g/mol. The molecule has 2 amide bonds. The normalized spacial score (nSPS) is 16.2. The minimum absolute atomic E-state index is 0.123. The summed E-state index contributed by atoms with van der Waals surface area (Å²) >= 11 is 6.06. The molecule has 0 saturated carbocycles. The molecule has 25 heavy (non-hydrogen) atoms. The molecule has 0 radical (unpaired) electrons. The first-order chi connectivity index (χ1) is 11.9. The van der Waals surface area contributed by atoms with Crippen molar-refractivity contribution in [2.45, 2.75) is 33.2 Å². The molecule has 2 heterocycles. The van der Waals surface area contributed by atoms with Crippen LogP contribution >= 0.6 is 11.6 Å². The van der Waals surface area contributed by atoms with Gasteiger partial charge < -0.3 is 15.2 Å². The van der Waals surface area contributed by atoms with Gasteiger partial charge in [-0.2, -0.15) is 0 Å². The molecule has 1 aromatic heterocycles. The Kier molecular flexibility index (Phi) is 4.76. The maximum absolute atomic E-state index is 12.8. The zero-order valence-corrected chi connectivity index (χ0v) is 15.1. The van der Waals surface area contributed by atoms with E-state index < -0.39 is 0 Å². The van der Waals surface area contributed by atoms with Crippen molar-refractivity contribution >= 4 is 29.1 Å². The van der Waals surface area contributed by atoms with Crippen molar-refractivity contribution < 1.29 is 9.59 Å². The number of hydrogen-bond acceptors (Lipinski definition) is 4. The van der Waals surface area contributed by atoms with E-state index in [-0.39, 0.29) is 17.7 Å². The lowest BCUT2D eigenvalue weighted by Gasteiger charge is -2.23. The first-order valence-corrected chi connectivity index (χ1v) is 8.50. The van der Waals surface area contributed by atoms with Gasteiger partial charge in [0.2, 0.25) is 5.91 Å². The van der Waals surface area contributed by atoms with Crippen LogP contribution in [0.4, 0.5) is 5.69 Å². The summed E-state index contributed by atoms with van der Waals surface area (Å²) < 4.78 is 2.03. The van der Waals surface area contributed by atoms with Gasteiger partial charge in [0.15, 0.2) is 0 Å². The Labute approximate surface area is 150 Å². The van der Waals surface area contributed by atoms with Gasteiger partial charge in [-0.1, -0.05) is 11.6 Å². The fourth-order valence-corrected chi connectivity index (χ4v) is 3.42. The van der Waals surface area contributed by atoms with E-state index in [9.17, 15) is 9.59 Å². The number of nitrogens with zero attached hydrogens (tertiary/aromatic N) is 3. The second-order valence-corrected chi connectivity index (χ2v) is 6.65. The third-order valence-electron chi connectivity index (χ3n) is 4.53. The molecule has 7 nitrogen and oxygen atoms in total. The lowest BCUT2D eigenvalue weighted by atomic mass is 9.96. The van der Waals surface area contributed by atoms with Crippen molar-refractivity contribution in [2.24, 2.45) is 5.92 Å². The number of carbonyl (C=O) groups excluding carboxylic acids is 2. The van der Waals surface area contributed by atoms with Gasteiger partial charge in [0.25, 0.3) is 5.91 Å². The standard InChI is InChI=1S/C17H20ClN5O2/c1-9-6-12(18)8-13(17(25)19-3)15(9)20-16(24)11-4-5-23-10(2)21-22-14(23)7-11/h6,8,11H,4-5,7H2,1-3H3,(H,19,25)(H,20,24). The third-order valence-corrected chi connectivity index (χ3v) is 4.75. The SMILES string of the molecule is CNC(=O)c1cc(Cl)cc(C)c1NC(=O)C1CCn2c(C)nnc2C1. The van der Waals surface area contributed by atoms with Crippen molar-refractivity contribution in [3.63, 3.8) is 0 Å². The Morgan fingerprint density at radius 3 is 2.76 bits per heavy atom. The molecule has 3 rings (SSSR count). The van der Waals surface area contributed by atoms with Crippen molar-refractivity contribution in [3.05, 3.63) is 39.9 Å². The minimum atomic E-state index is -0.292. The first-order valence-electron chi connectivity index (χ1n) is 8.12. The molecule has 0 fully saturated rings. The second-order valence-electron chi connectivity index (χ2n) is 6.22. The fraction of sp³-hybridized carbons (Fsp3) is 0.412. The first kappa shape index (κ1) is 17.4. The number of rotatable bonds is 3. The van der Waals surface area contributed by atoms with E-state index in [2.05, 4.69) is 20.8 Å². The lowest BCUT2D eigenvalue weighted by molar-refractivity contribution is -0.120. The summed E-state index contributed by atoms with van der Waals surface area (Å²) in [4.78, 5) is 24.9. The molecule has 0 saturated heterocycles. The highest BCUT2D eigenvalue weighted by Gasteiger charge is 2.28. The summed E-state index contributed by atoms with van der Waals surface area (Å²) in [6.07, 6.45) is 1.24. The quantitative estimate of drug-likeness (QED) is 0.876. The van der Waals surface area contributed by atoms with E-state index in [1.165, 1.54) is 0 Å². The molecule has 0 spiro atoms. The van der Waals surface area contributed by atoms with Crippen LogP contribution in [-0.4, -0.2) is 33.6 Å². The number of nitrogens with one attached hydrogen (secondary N) is 2. The number of aromatic nitrogens is 3. The maximum Gasteiger partial charge on any atom is 0.253 e. The molecular weight excluding hydrogens is 342 g/mol. The number of hydrogen-bond donors (Lipinski definition) is 2. The molecule has 132 valence electrons. The van der Waals surface area contributed by atoms with Crippen LogP contribution in [0.5, 0.6) is 0 Å². The Bertz CT molecular complexity index is 846. The summed E-state index contributed by atoms with van der Waals surface area (Å²) in [7, 11) is 1.54. The third kappa shape index (κ3) is 3.37. The highest BCUT2D eigenvalue weighted by Crippen LogP contribution is 2.28. The number of benzene rings is 1. The van der Waals surface area contributed by atoms with Crippen LogP contribution in [-0.2, 0) is 17.8 Å². The zero-order chi connectivity index (χ0) is 18.1. The molecule has 0 bridgehead atoms. The smallest absolute Gasteiger partial charge is 0.253 e. The Morgan fingerprint density at radius 1 is 1.28 bits per heavy atom. The molecule has 1 aliphatic heterocycles. The second kappa shape index (κ2) is 6.84. The van der Waals surface area contributed by atoms with E-state index in [0.717, 1.165) is 17.2 Å². The van der Waals surface area contributed by atoms with E-state index in [1.54, 1.807) is 19.2 Å². The van der Waals surface area contributed by atoms with Crippen LogP contribution in [0.2, 0.25) is 5.02 Å². The number of aryl methyl sites for hydroxylation is 2. The lowest BCUT2D eigenvalue weighted by Crippen LogP contribution is -2.32. The van der Waals surface area contributed by atoms with Crippen LogP contribution in [0.1, 0.15) is 34.0 Å². The van der Waals surface area contributed by atoms with Crippen LogP contribution in [0.15, 0.2) is 12.1 Å². The minimum Gasteiger partial charge on any atom is -0.355 e. The van der Waals surface area contributed by atoms with Gasteiger partial charge in [0.05, 0.1) is 11.3 Å². The van der Waals surface area contributed by atoms with Gasteiger partial charge in [-0.25, -0.2) is 0 Å². The molecule has 2 N–H and O–H groups in total. The largest absolute Gasteiger partial charge is 0.355 e. The Hall–Kier alpha value is -2.41. The molecule has 1 aromatic carbocycles. The summed E-state index contributed by atoms with van der Waals surface area (Å²) in [5, 5.41) is 14.1.